The molecule has 5 heteroatoms. The number of amides is 1. The molecule has 1 amide bonds. The summed E-state index contributed by atoms with van der Waals surface area (Å²) in [4.78, 5) is 14.5. The van der Waals surface area contributed by atoms with E-state index in [0.717, 1.165) is 13.0 Å². The largest absolute Gasteiger partial charge is 0.336 e. The zero-order valence-corrected chi connectivity index (χ0v) is 11.2. The zero-order chi connectivity index (χ0) is 13.4. The Labute approximate surface area is 111 Å². The number of aromatic nitrogens is 2. The van der Waals surface area contributed by atoms with E-state index >= 15 is 0 Å². The van der Waals surface area contributed by atoms with E-state index in [9.17, 15) is 4.79 Å². The molecular weight excluding hydrogens is 242 g/mol. The number of fused-ring (bicyclic) bond motifs is 1. The lowest BCUT2D eigenvalue weighted by Crippen LogP contribution is -2.46. The highest BCUT2D eigenvalue weighted by Crippen LogP contribution is 2.25. The van der Waals surface area contributed by atoms with Crippen LogP contribution < -0.4 is 0 Å². The van der Waals surface area contributed by atoms with Gasteiger partial charge in [0.05, 0.1) is 0 Å². The number of likely N-dealkylation sites (tertiary alicyclic amines) is 1. The van der Waals surface area contributed by atoms with Gasteiger partial charge in [0.2, 0.25) is 0 Å². The van der Waals surface area contributed by atoms with Crippen LogP contribution in [0.5, 0.6) is 0 Å². The standard InChI is InChI=1S/C14H17N3O2/c1-9-4-3-7-17(10(9)2)14(18)11-5-6-12-13(8-11)16-19-15-12/h5-6,8-10H,3-4,7H2,1-2H3. The molecule has 1 aliphatic heterocycles. The molecule has 19 heavy (non-hydrogen) atoms. The number of carbonyl (C=O) groups is 1. The van der Waals surface area contributed by atoms with Crippen LogP contribution in [0.1, 0.15) is 37.0 Å². The van der Waals surface area contributed by atoms with Crippen molar-refractivity contribution in [2.45, 2.75) is 32.7 Å². The van der Waals surface area contributed by atoms with Crippen LogP contribution in [0.2, 0.25) is 0 Å². The Bertz CT molecular complexity index is 608. The summed E-state index contributed by atoms with van der Waals surface area (Å²) in [5, 5.41) is 7.53. The van der Waals surface area contributed by atoms with Gasteiger partial charge in [-0.25, -0.2) is 4.63 Å². The van der Waals surface area contributed by atoms with E-state index in [1.54, 1.807) is 18.2 Å². The minimum Gasteiger partial charge on any atom is -0.336 e. The van der Waals surface area contributed by atoms with E-state index < -0.39 is 0 Å². The Hall–Kier alpha value is -1.91. The Morgan fingerprint density at radius 1 is 1.32 bits per heavy atom. The van der Waals surface area contributed by atoms with Gasteiger partial charge in [-0.05, 0) is 54.2 Å². The van der Waals surface area contributed by atoms with Crippen LogP contribution >= 0.6 is 0 Å². The van der Waals surface area contributed by atoms with Crippen molar-refractivity contribution >= 4 is 16.9 Å². The molecule has 5 nitrogen and oxygen atoms in total. The maximum absolute atomic E-state index is 12.6. The Kier molecular flexibility index (Phi) is 2.97. The quantitative estimate of drug-likeness (QED) is 0.789. The number of hydrogen-bond donors (Lipinski definition) is 0. The highest BCUT2D eigenvalue weighted by atomic mass is 16.6. The maximum atomic E-state index is 12.6. The minimum atomic E-state index is 0.0731. The van der Waals surface area contributed by atoms with Gasteiger partial charge in [-0.1, -0.05) is 6.92 Å². The molecule has 0 N–H and O–H groups in total. The summed E-state index contributed by atoms with van der Waals surface area (Å²) in [6.45, 7) is 5.16. The van der Waals surface area contributed by atoms with Gasteiger partial charge in [0.15, 0.2) is 0 Å². The van der Waals surface area contributed by atoms with E-state index in [1.807, 2.05) is 4.90 Å². The molecule has 100 valence electrons. The molecule has 2 heterocycles. The fourth-order valence-corrected chi connectivity index (χ4v) is 2.70. The molecule has 0 radical (unpaired) electrons. The Morgan fingerprint density at radius 2 is 2.11 bits per heavy atom. The number of nitrogens with zero attached hydrogens (tertiary/aromatic N) is 3. The highest BCUT2D eigenvalue weighted by Gasteiger charge is 2.29. The minimum absolute atomic E-state index is 0.0731. The van der Waals surface area contributed by atoms with Crippen LogP contribution in [0.15, 0.2) is 22.8 Å². The third-order valence-electron chi connectivity index (χ3n) is 4.14. The van der Waals surface area contributed by atoms with Gasteiger partial charge >= 0.3 is 0 Å². The number of carbonyl (C=O) groups excluding carboxylic acids is 1. The summed E-state index contributed by atoms with van der Waals surface area (Å²) in [6, 6.07) is 5.60. The SMILES string of the molecule is CC1CCCN(C(=O)c2ccc3nonc3c2)C1C. The molecule has 3 rings (SSSR count). The average molecular weight is 259 g/mol. The average Bonchev–Trinajstić information content (AvgIpc) is 2.88. The van der Waals surface area contributed by atoms with E-state index in [0.29, 0.717) is 22.5 Å². The molecule has 0 bridgehead atoms. The van der Waals surface area contributed by atoms with Gasteiger partial charge < -0.3 is 4.90 Å². The van der Waals surface area contributed by atoms with Crippen molar-refractivity contribution in [1.82, 2.24) is 15.2 Å². The van der Waals surface area contributed by atoms with Gasteiger partial charge in [-0.15, -0.1) is 0 Å². The summed E-state index contributed by atoms with van der Waals surface area (Å²) in [5.74, 6) is 0.624. The van der Waals surface area contributed by atoms with Crippen LogP contribution in [0.25, 0.3) is 11.0 Å². The van der Waals surface area contributed by atoms with Crippen LogP contribution in [-0.4, -0.2) is 33.7 Å². The second-order valence-corrected chi connectivity index (χ2v) is 5.33. The first-order valence-electron chi connectivity index (χ1n) is 6.70. The molecule has 2 unspecified atom stereocenters. The molecule has 0 saturated carbocycles. The van der Waals surface area contributed by atoms with Crippen molar-refractivity contribution < 1.29 is 9.42 Å². The number of piperidine rings is 1. The fraction of sp³-hybridized carbons (Fsp3) is 0.500. The smallest absolute Gasteiger partial charge is 0.254 e. The summed E-state index contributed by atoms with van der Waals surface area (Å²) >= 11 is 0. The molecule has 1 aromatic heterocycles. The first kappa shape index (κ1) is 12.1. The molecule has 0 aliphatic carbocycles. The van der Waals surface area contributed by atoms with Gasteiger partial charge in [0, 0.05) is 18.2 Å². The number of rotatable bonds is 1. The molecule has 2 aromatic rings. The topological polar surface area (TPSA) is 59.2 Å². The van der Waals surface area contributed by atoms with E-state index in [-0.39, 0.29) is 11.9 Å². The van der Waals surface area contributed by atoms with E-state index in [2.05, 4.69) is 28.8 Å². The van der Waals surface area contributed by atoms with Crippen molar-refractivity contribution in [3.63, 3.8) is 0 Å². The summed E-state index contributed by atoms with van der Waals surface area (Å²) in [5.41, 5.74) is 1.96. The van der Waals surface area contributed by atoms with Crippen molar-refractivity contribution in [1.29, 1.82) is 0 Å². The summed E-state index contributed by atoms with van der Waals surface area (Å²) in [6.07, 6.45) is 2.27. The lowest BCUT2D eigenvalue weighted by molar-refractivity contribution is 0.0551. The molecular formula is C14H17N3O2. The molecule has 1 aliphatic rings. The van der Waals surface area contributed by atoms with Crippen molar-refractivity contribution in [2.24, 2.45) is 5.92 Å². The van der Waals surface area contributed by atoms with Gasteiger partial charge in [0.1, 0.15) is 11.0 Å². The molecule has 1 saturated heterocycles. The fourth-order valence-electron chi connectivity index (χ4n) is 2.70. The van der Waals surface area contributed by atoms with Gasteiger partial charge in [-0.2, -0.15) is 0 Å². The maximum Gasteiger partial charge on any atom is 0.254 e. The van der Waals surface area contributed by atoms with Crippen LogP contribution in [0.3, 0.4) is 0 Å². The highest BCUT2D eigenvalue weighted by molar-refractivity contribution is 5.97. The van der Waals surface area contributed by atoms with Gasteiger partial charge in [-0.3, -0.25) is 4.79 Å². The molecule has 2 atom stereocenters. The van der Waals surface area contributed by atoms with E-state index in [1.165, 1.54) is 6.42 Å². The second-order valence-electron chi connectivity index (χ2n) is 5.33. The normalized spacial score (nSPS) is 23.8. The van der Waals surface area contributed by atoms with Gasteiger partial charge in [0.25, 0.3) is 5.91 Å². The molecule has 0 spiro atoms. The van der Waals surface area contributed by atoms with E-state index in [4.69, 9.17) is 0 Å². The number of benzene rings is 1. The van der Waals surface area contributed by atoms with Crippen LogP contribution in [0.4, 0.5) is 0 Å². The third kappa shape index (κ3) is 2.09. The first-order chi connectivity index (χ1) is 9.16. The lowest BCUT2D eigenvalue weighted by Gasteiger charge is -2.38. The molecule has 1 aromatic carbocycles. The second kappa shape index (κ2) is 4.64. The van der Waals surface area contributed by atoms with Crippen molar-refractivity contribution in [3.05, 3.63) is 23.8 Å². The van der Waals surface area contributed by atoms with Crippen LogP contribution in [0, 0.1) is 5.92 Å². The predicted molar refractivity (Wildman–Crippen MR) is 70.7 cm³/mol. The predicted octanol–water partition coefficient (Wildman–Crippen LogP) is 2.48. The summed E-state index contributed by atoms with van der Waals surface area (Å²) < 4.78 is 4.66. The molecule has 1 fully saturated rings. The zero-order valence-electron chi connectivity index (χ0n) is 11.2. The van der Waals surface area contributed by atoms with Crippen molar-refractivity contribution in [2.75, 3.05) is 6.54 Å². The number of hydrogen-bond acceptors (Lipinski definition) is 4. The monoisotopic (exact) mass is 259 g/mol. The Morgan fingerprint density at radius 3 is 2.95 bits per heavy atom. The van der Waals surface area contributed by atoms with Crippen molar-refractivity contribution in [3.8, 4) is 0 Å². The lowest BCUT2D eigenvalue weighted by atomic mass is 9.91. The van der Waals surface area contributed by atoms with Crippen LogP contribution in [-0.2, 0) is 0 Å². The summed E-state index contributed by atoms with van der Waals surface area (Å²) in [7, 11) is 0. The first-order valence-corrected chi connectivity index (χ1v) is 6.70. The third-order valence-corrected chi connectivity index (χ3v) is 4.14. The Balaban J connectivity index is 1.90.